The highest BCUT2D eigenvalue weighted by Crippen LogP contribution is 2.24. The van der Waals surface area contributed by atoms with Crippen molar-refractivity contribution < 1.29 is 4.39 Å². The first kappa shape index (κ1) is 17.9. The molecule has 4 rings (SSSR count). The molecule has 2 atom stereocenters. The molecule has 0 amide bonds. The van der Waals surface area contributed by atoms with Crippen LogP contribution in [-0.4, -0.2) is 22.6 Å². The van der Waals surface area contributed by atoms with Gasteiger partial charge in [-0.15, -0.1) is 0 Å². The van der Waals surface area contributed by atoms with Crippen LogP contribution in [0.15, 0.2) is 60.9 Å². The number of aryl methyl sites for hydroxylation is 1. The van der Waals surface area contributed by atoms with Gasteiger partial charge < -0.3 is 9.88 Å². The maximum atomic E-state index is 14.5. The summed E-state index contributed by atoms with van der Waals surface area (Å²) in [6.07, 6.45) is 3.45. The number of benzene rings is 2. The van der Waals surface area contributed by atoms with Crippen LogP contribution in [0.3, 0.4) is 0 Å². The Balaban J connectivity index is 1.37. The van der Waals surface area contributed by atoms with Crippen LogP contribution in [0.5, 0.6) is 0 Å². The van der Waals surface area contributed by atoms with Gasteiger partial charge in [-0.3, -0.25) is 5.43 Å². The van der Waals surface area contributed by atoms with E-state index < -0.39 is 0 Å². The first-order valence-electron chi connectivity index (χ1n) is 9.25. The number of hydrogen-bond acceptors (Lipinski definition) is 4. The molecule has 3 aromatic rings. The third-order valence-corrected chi connectivity index (χ3v) is 5.08. The zero-order valence-electron chi connectivity index (χ0n) is 15.3. The third kappa shape index (κ3) is 3.93. The molecule has 1 aromatic heterocycles. The van der Waals surface area contributed by atoms with Crippen molar-refractivity contribution in [1.82, 2.24) is 25.7 Å². The van der Waals surface area contributed by atoms with Crippen LogP contribution in [0, 0.1) is 18.7 Å². The number of imidazole rings is 1. The summed E-state index contributed by atoms with van der Waals surface area (Å²) in [6, 6.07) is 16.1. The topological polar surface area (TPSA) is 53.9 Å². The zero-order chi connectivity index (χ0) is 18.6. The molecule has 2 aromatic carbocycles. The van der Waals surface area contributed by atoms with E-state index in [1.165, 1.54) is 5.56 Å². The lowest BCUT2D eigenvalue weighted by molar-refractivity contribution is 0.441. The lowest BCUT2D eigenvalue weighted by atomic mass is 9.95. The molecule has 0 aliphatic carbocycles. The van der Waals surface area contributed by atoms with Crippen molar-refractivity contribution in [2.75, 3.05) is 13.1 Å². The molecular weight excluding hydrogens is 341 g/mol. The highest BCUT2D eigenvalue weighted by atomic mass is 19.1. The lowest BCUT2D eigenvalue weighted by Gasteiger charge is -2.19. The molecule has 0 saturated carbocycles. The fourth-order valence-electron chi connectivity index (χ4n) is 3.63. The fraction of sp³-hybridized carbons (Fsp3) is 0.286. The first-order chi connectivity index (χ1) is 13.2. The molecule has 1 aliphatic rings. The molecule has 1 saturated heterocycles. The minimum Gasteiger partial charge on any atom is -0.312 e. The molecule has 2 heterocycles. The molecule has 2 unspecified atom stereocenters. The summed E-state index contributed by atoms with van der Waals surface area (Å²) in [4.78, 5) is 4.15. The minimum absolute atomic E-state index is 0.234. The predicted molar refractivity (Wildman–Crippen MR) is 104 cm³/mol. The van der Waals surface area contributed by atoms with Crippen molar-refractivity contribution in [3.63, 3.8) is 0 Å². The number of nitrogens with zero attached hydrogens (tertiary/aromatic N) is 2. The van der Waals surface area contributed by atoms with Crippen LogP contribution in [0.1, 0.15) is 23.0 Å². The Hall–Kier alpha value is -2.54. The Labute approximate surface area is 158 Å². The van der Waals surface area contributed by atoms with Crippen LogP contribution in [-0.2, 0) is 6.54 Å². The molecular formula is C21H24FN5. The van der Waals surface area contributed by atoms with Crippen LogP contribution in [0.4, 0.5) is 4.39 Å². The van der Waals surface area contributed by atoms with E-state index in [9.17, 15) is 4.39 Å². The first-order valence-corrected chi connectivity index (χ1v) is 9.25. The highest BCUT2D eigenvalue weighted by Gasteiger charge is 2.27. The lowest BCUT2D eigenvalue weighted by Crippen LogP contribution is -2.28. The molecule has 6 heteroatoms. The van der Waals surface area contributed by atoms with Gasteiger partial charge in [0.25, 0.3) is 0 Å². The summed E-state index contributed by atoms with van der Waals surface area (Å²) in [7, 11) is 0. The molecule has 1 fully saturated rings. The minimum atomic E-state index is -0.234. The van der Waals surface area contributed by atoms with Crippen LogP contribution in [0.25, 0.3) is 5.69 Å². The zero-order valence-corrected chi connectivity index (χ0v) is 15.3. The second-order valence-electron chi connectivity index (χ2n) is 6.93. The monoisotopic (exact) mass is 365 g/mol. The second-order valence-corrected chi connectivity index (χ2v) is 6.93. The molecule has 27 heavy (non-hydrogen) atoms. The second kappa shape index (κ2) is 8.00. The SMILES string of the molecule is Cc1nccn1-c1ccc(CNCC2CNNC2c2ccccc2)cc1F. The van der Waals surface area contributed by atoms with Gasteiger partial charge in [0.2, 0.25) is 0 Å². The van der Waals surface area contributed by atoms with E-state index in [0.717, 1.165) is 24.5 Å². The maximum absolute atomic E-state index is 14.5. The maximum Gasteiger partial charge on any atom is 0.147 e. The number of nitrogens with one attached hydrogen (secondary N) is 3. The van der Waals surface area contributed by atoms with E-state index in [2.05, 4.69) is 45.4 Å². The molecule has 5 nitrogen and oxygen atoms in total. The molecule has 0 radical (unpaired) electrons. The Bertz CT molecular complexity index is 893. The van der Waals surface area contributed by atoms with Crippen LogP contribution < -0.4 is 16.2 Å². The largest absolute Gasteiger partial charge is 0.312 e. The van der Waals surface area contributed by atoms with E-state index in [4.69, 9.17) is 0 Å². The van der Waals surface area contributed by atoms with E-state index in [1.54, 1.807) is 23.0 Å². The number of hydrazine groups is 1. The van der Waals surface area contributed by atoms with Crippen LogP contribution >= 0.6 is 0 Å². The van der Waals surface area contributed by atoms with Gasteiger partial charge >= 0.3 is 0 Å². The Kier molecular flexibility index (Phi) is 5.29. The number of rotatable bonds is 6. The number of hydrogen-bond donors (Lipinski definition) is 3. The molecule has 140 valence electrons. The van der Waals surface area contributed by atoms with Gasteiger partial charge in [-0.25, -0.2) is 14.8 Å². The summed E-state index contributed by atoms with van der Waals surface area (Å²) in [5.74, 6) is 0.972. The van der Waals surface area contributed by atoms with Crippen molar-refractivity contribution >= 4 is 0 Å². The van der Waals surface area contributed by atoms with Crippen molar-refractivity contribution in [2.24, 2.45) is 5.92 Å². The van der Waals surface area contributed by atoms with Gasteiger partial charge in [0.05, 0.1) is 11.7 Å². The normalized spacial score (nSPS) is 19.5. The van der Waals surface area contributed by atoms with Crippen molar-refractivity contribution in [2.45, 2.75) is 19.5 Å². The third-order valence-electron chi connectivity index (χ3n) is 5.08. The van der Waals surface area contributed by atoms with Gasteiger partial charge in [0.15, 0.2) is 0 Å². The molecule has 0 spiro atoms. The van der Waals surface area contributed by atoms with Gasteiger partial charge in [-0.2, -0.15) is 0 Å². The summed E-state index contributed by atoms with van der Waals surface area (Å²) in [6.45, 7) is 4.25. The molecule has 3 N–H and O–H groups in total. The summed E-state index contributed by atoms with van der Waals surface area (Å²) >= 11 is 0. The van der Waals surface area contributed by atoms with E-state index in [0.29, 0.717) is 18.2 Å². The van der Waals surface area contributed by atoms with E-state index in [-0.39, 0.29) is 11.9 Å². The average molecular weight is 365 g/mol. The Morgan fingerprint density at radius 3 is 2.81 bits per heavy atom. The average Bonchev–Trinajstić information content (AvgIpc) is 3.32. The molecule has 0 bridgehead atoms. The van der Waals surface area contributed by atoms with Crippen molar-refractivity contribution in [3.05, 3.63) is 83.7 Å². The predicted octanol–water partition coefficient (Wildman–Crippen LogP) is 2.87. The standard InChI is InChI=1S/C21H24FN5/c1-15-24-9-10-27(15)20-8-7-16(11-19(20)22)12-23-13-18-14-25-26-21(18)17-5-3-2-4-6-17/h2-11,18,21,23,25-26H,12-14H2,1H3. The number of halogens is 1. The van der Waals surface area contributed by atoms with Gasteiger partial charge in [-0.05, 0) is 30.2 Å². The van der Waals surface area contributed by atoms with Crippen molar-refractivity contribution in [1.29, 1.82) is 0 Å². The summed E-state index contributed by atoms with van der Waals surface area (Å²) in [5.41, 5.74) is 9.34. The quantitative estimate of drug-likeness (QED) is 0.629. The summed E-state index contributed by atoms with van der Waals surface area (Å²) < 4.78 is 16.3. The van der Waals surface area contributed by atoms with E-state index >= 15 is 0 Å². The Morgan fingerprint density at radius 1 is 1.22 bits per heavy atom. The highest BCUT2D eigenvalue weighted by molar-refractivity contribution is 5.37. The summed E-state index contributed by atoms with van der Waals surface area (Å²) in [5, 5.41) is 3.47. The molecule has 1 aliphatic heterocycles. The fourth-order valence-corrected chi connectivity index (χ4v) is 3.63. The van der Waals surface area contributed by atoms with E-state index in [1.807, 2.05) is 25.1 Å². The van der Waals surface area contributed by atoms with Crippen LogP contribution in [0.2, 0.25) is 0 Å². The number of aromatic nitrogens is 2. The van der Waals surface area contributed by atoms with Gasteiger partial charge in [-0.1, -0.05) is 36.4 Å². The van der Waals surface area contributed by atoms with Gasteiger partial charge in [0, 0.05) is 37.9 Å². The smallest absolute Gasteiger partial charge is 0.147 e. The van der Waals surface area contributed by atoms with Crippen molar-refractivity contribution in [3.8, 4) is 5.69 Å². The van der Waals surface area contributed by atoms with Gasteiger partial charge in [0.1, 0.15) is 11.6 Å². The Morgan fingerprint density at radius 2 is 2.07 bits per heavy atom.